The van der Waals surface area contributed by atoms with E-state index >= 15 is 0 Å². The monoisotopic (exact) mass is 221 g/mol. The molecule has 0 saturated carbocycles. The molecule has 1 unspecified atom stereocenters. The van der Waals surface area contributed by atoms with E-state index in [-0.39, 0.29) is 0 Å². The van der Waals surface area contributed by atoms with E-state index in [0.717, 1.165) is 31.9 Å². The van der Waals surface area contributed by atoms with Crippen LogP contribution >= 0.6 is 0 Å². The Morgan fingerprint density at radius 1 is 1.62 bits per heavy atom. The summed E-state index contributed by atoms with van der Waals surface area (Å²) in [7, 11) is 1.87. The van der Waals surface area contributed by atoms with Gasteiger partial charge in [0.05, 0.1) is 5.60 Å². The molecular weight excluding hydrogens is 202 g/mol. The molecule has 1 aromatic rings. The highest BCUT2D eigenvalue weighted by atomic mass is 16.3. The van der Waals surface area contributed by atoms with Gasteiger partial charge in [-0.2, -0.15) is 0 Å². The van der Waals surface area contributed by atoms with Gasteiger partial charge in [0.25, 0.3) is 0 Å². The quantitative estimate of drug-likeness (QED) is 0.802. The molecule has 0 amide bonds. The van der Waals surface area contributed by atoms with Crippen LogP contribution in [0.1, 0.15) is 18.9 Å². The lowest BCUT2D eigenvalue weighted by molar-refractivity contribution is 0.0679. The number of β-amino-alcohol motifs (C(OH)–C–C–N with tert-alkyl or cyclic N) is 1. The SMILES string of the molecule is CNc1cc(CN2CCC(C)(O)C2)ccn1. The lowest BCUT2D eigenvalue weighted by atomic mass is 10.1. The number of nitrogens with one attached hydrogen (secondary N) is 1. The van der Waals surface area contributed by atoms with Gasteiger partial charge in [0.15, 0.2) is 0 Å². The second kappa shape index (κ2) is 4.39. The van der Waals surface area contributed by atoms with Gasteiger partial charge in [-0.15, -0.1) is 0 Å². The molecule has 0 aromatic carbocycles. The van der Waals surface area contributed by atoms with Crippen molar-refractivity contribution in [1.29, 1.82) is 0 Å². The summed E-state index contributed by atoms with van der Waals surface area (Å²) in [5.41, 5.74) is 0.718. The normalized spacial score (nSPS) is 25.9. The number of anilines is 1. The maximum absolute atomic E-state index is 9.88. The van der Waals surface area contributed by atoms with Crippen LogP contribution in [0.5, 0.6) is 0 Å². The van der Waals surface area contributed by atoms with Crippen molar-refractivity contribution in [3.63, 3.8) is 0 Å². The lowest BCUT2D eigenvalue weighted by Gasteiger charge is -2.18. The third kappa shape index (κ3) is 2.71. The molecule has 1 saturated heterocycles. The van der Waals surface area contributed by atoms with Crippen molar-refractivity contribution in [3.05, 3.63) is 23.9 Å². The summed E-state index contributed by atoms with van der Waals surface area (Å²) in [6.45, 7) is 4.50. The molecule has 1 aliphatic heterocycles. The fraction of sp³-hybridized carbons (Fsp3) is 0.583. The Balaban J connectivity index is 1.99. The van der Waals surface area contributed by atoms with Crippen molar-refractivity contribution in [2.75, 3.05) is 25.5 Å². The number of nitrogens with zero attached hydrogens (tertiary/aromatic N) is 2. The average molecular weight is 221 g/mol. The van der Waals surface area contributed by atoms with E-state index in [0.29, 0.717) is 0 Å². The molecule has 2 N–H and O–H groups in total. The highest BCUT2D eigenvalue weighted by Crippen LogP contribution is 2.22. The molecule has 1 aliphatic rings. The molecule has 2 heterocycles. The first kappa shape index (κ1) is 11.4. The van der Waals surface area contributed by atoms with E-state index in [1.54, 1.807) is 0 Å². The van der Waals surface area contributed by atoms with Crippen molar-refractivity contribution >= 4 is 5.82 Å². The fourth-order valence-electron chi connectivity index (χ4n) is 2.14. The van der Waals surface area contributed by atoms with Crippen LogP contribution in [0.4, 0.5) is 5.82 Å². The zero-order valence-electron chi connectivity index (χ0n) is 9.90. The summed E-state index contributed by atoms with van der Waals surface area (Å²) >= 11 is 0. The van der Waals surface area contributed by atoms with Crippen molar-refractivity contribution in [3.8, 4) is 0 Å². The standard InChI is InChI=1S/C12H19N3O/c1-12(16)4-6-15(9-12)8-10-3-5-14-11(7-10)13-2/h3,5,7,16H,4,6,8-9H2,1-2H3,(H,13,14). The van der Waals surface area contributed by atoms with Crippen molar-refractivity contribution in [1.82, 2.24) is 9.88 Å². The first-order valence-electron chi connectivity index (χ1n) is 5.66. The summed E-state index contributed by atoms with van der Waals surface area (Å²) in [6.07, 6.45) is 2.67. The number of pyridine rings is 1. The molecule has 2 rings (SSSR count). The number of hydrogen-bond donors (Lipinski definition) is 2. The summed E-state index contributed by atoms with van der Waals surface area (Å²) in [4.78, 5) is 6.45. The van der Waals surface area contributed by atoms with E-state index in [1.807, 2.05) is 32.3 Å². The van der Waals surface area contributed by atoms with Crippen LogP contribution in [0.2, 0.25) is 0 Å². The third-order valence-electron chi connectivity index (χ3n) is 3.02. The zero-order valence-corrected chi connectivity index (χ0v) is 9.90. The molecule has 0 radical (unpaired) electrons. The second-order valence-electron chi connectivity index (χ2n) is 4.76. The summed E-state index contributed by atoms with van der Waals surface area (Å²) in [6, 6.07) is 4.07. The number of rotatable bonds is 3. The van der Waals surface area contributed by atoms with E-state index in [2.05, 4.69) is 15.2 Å². The number of aliphatic hydroxyl groups is 1. The molecule has 0 spiro atoms. The minimum Gasteiger partial charge on any atom is -0.389 e. The van der Waals surface area contributed by atoms with Gasteiger partial charge >= 0.3 is 0 Å². The van der Waals surface area contributed by atoms with E-state index < -0.39 is 5.60 Å². The minimum absolute atomic E-state index is 0.515. The van der Waals surface area contributed by atoms with Gasteiger partial charge in [-0.1, -0.05) is 0 Å². The van der Waals surface area contributed by atoms with Crippen LogP contribution < -0.4 is 5.32 Å². The minimum atomic E-state index is -0.515. The van der Waals surface area contributed by atoms with E-state index in [4.69, 9.17) is 0 Å². The molecule has 4 heteroatoms. The zero-order chi connectivity index (χ0) is 11.6. The summed E-state index contributed by atoms with van der Waals surface area (Å²) in [5, 5.41) is 12.9. The van der Waals surface area contributed by atoms with Crippen molar-refractivity contribution in [2.24, 2.45) is 0 Å². The second-order valence-corrected chi connectivity index (χ2v) is 4.76. The predicted octanol–water partition coefficient (Wildman–Crippen LogP) is 1.08. The van der Waals surface area contributed by atoms with Crippen LogP contribution in [-0.2, 0) is 6.54 Å². The Hall–Kier alpha value is -1.13. The molecule has 4 nitrogen and oxygen atoms in total. The average Bonchev–Trinajstić information content (AvgIpc) is 2.58. The first-order chi connectivity index (χ1) is 7.59. The summed E-state index contributed by atoms with van der Waals surface area (Å²) in [5.74, 6) is 0.892. The van der Waals surface area contributed by atoms with Crippen LogP contribution in [-0.4, -0.2) is 40.7 Å². The number of hydrogen-bond acceptors (Lipinski definition) is 4. The number of likely N-dealkylation sites (tertiary alicyclic amines) is 1. The lowest BCUT2D eigenvalue weighted by Crippen LogP contribution is -2.29. The molecule has 88 valence electrons. The topological polar surface area (TPSA) is 48.4 Å². The van der Waals surface area contributed by atoms with Gasteiger partial charge in [0.1, 0.15) is 5.82 Å². The maximum Gasteiger partial charge on any atom is 0.125 e. The Morgan fingerprint density at radius 2 is 2.44 bits per heavy atom. The highest BCUT2D eigenvalue weighted by molar-refractivity contribution is 5.36. The third-order valence-corrected chi connectivity index (χ3v) is 3.02. The molecule has 16 heavy (non-hydrogen) atoms. The first-order valence-corrected chi connectivity index (χ1v) is 5.66. The van der Waals surface area contributed by atoms with Crippen LogP contribution in [0.3, 0.4) is 0 Å². The van der Waals surface area contributed by atoms with Crippen molar-refractivity contribution in [2.45, 2.75) is 25.5 Å². The summed E-state index contributed by atoms with van der Waals surface area (Å²) < 4.78 is 0. The Morgan fingerprint density at radius 3 is 3.06 bits per heavy atom. The van der Waals surface area contributed by atoms with Crippen molar-refractivity contribution < 1.29 is 5.11 Å². The Labute approximate surface area is 96.3 Å². The molecule has 1 fully saturated rings. The number of aromatic nitrogens is 1. The molecule has 1 atom stereocenters. The van der Waals surface area contributed by atoms with Gasteiger partial charge < -0.3 is 10.4 Å². The van der Waals surface area contributed by atoms with Gasteiger partial charge in [-0.3, -0.25) is 4.90 Å². The van der Waals surface area contributed by atoms with Crippen LogP contribution in [0.25, 0.3) is 0 Å². The smallest absolute Gasteiger partial charge is 0.125 e. The molecule has 1 aromatic heterocycles. The molecular formula is C12H19N3O. The van der Waals surface area contributed by atoms with E-state index in [9.17, 15) is 5.11 Å². The Bertz CT molecular complexity index is 365. The Kier molecular flexibility index (Phi) is 3.12. The largest absolute Gasteiger partial charge is 0.389 e. The molecule has 0 aliphatic carbocycles. The van der Waals surface area contributed by atoms with Gasteiger partial charge in [0, 0.05) is 32.9 Å². The van der Waals surface area contributed by atoms with Gasteiger partial charge in [0.2, 0.25) is 0 Å². The van der Waals surface area contributed by atoms with Crippen LogP contribution in [0, 0.1) is 0 Å². The van der Waals surface area contributed by atoms with Crippen LogP contribution in [0.15, 0.2) is 18.3 Å². The van der Waals surface area contributed by atoms with E-state index in [1.165, 1.54) is 5.56 Å². The predicted molar refractivity (Wildman–Crippen MR) is 64.3 cm³/mol. The molecule has 0 bridgehead atoms. The van der Waals surface area contributed by atoms with Gasteiger partial charge in [-0.05, 0) is 31.0 Å². The highest BCUT2D eigenvalue weighted by Gasteiger charge is 2.30. The fourth-order valence-corrected chi connectivity index (χ4v) is 2.14. The maximum atomic E-state index is 9.88. The van der Waals surface area contributed by atoms with Gasteiger partial charge in [-0.25, -0.2) is 4.98 Å².